The molecule has 7 heteroatoms. The van der Waals surface area contributed by atoms with Crippen molar-refractivity contribution in [3.8, 4) is 0 Å². The number of hydrogen-bond acceptors (Lipinski definition) is 2. The first-order chi connectivity index (χ1) is 9.38. The Balaban J connectivity index is 2.72. The highest BCUT2D eigenvalue weighted by Gasteiger charge is 2.37. The number of aliphatic hydroxyl groups excluding tert-OH is 1. The second-order valence-corrected chi connectivity index (χ2v) is 11.5. The summed E-state index contributed by atoms with van der Waals surface area (Å²) >= 11 is 0. The first-order valence-electron chi connectivity index (χ1n) is 6.89. The number of hydrogen-bond donors (Lipinski definition) is 1. The van der Waals surface area contributed by atoms with Crippen LogP contribution in [0.5, 0.6) is 0 Å². The quantitative estimate of drug-likeness (QED) is 0.831. The lowest BCUT2D eigenvalue weighted by atomic mass is 10.2. The average molecular weight is 323 g/mol. The highest BCUT2D eigenvalue weighted by atomic mass is 28.4. The topological polar surface area (TPSA) is 34.4 Å². The van der Waals surface area contributed by atoms with Crippen LogP contribution in [0.2, 0.25) is 18.1 Å². The van der Waals surface area contributed by atoms with Gasteiger partial charge in [0.05, 0.1) is 18.8 Å². The van der Waals surface area contributed by atoms with Gasteiger partial charge in [-0.3, -0.25) is 0 Å². The maximum absolute atomic E-state index is 12.8. The molecule has 1 aromatic rings. The van der Waals surface area contributed by atoms with Crippen molar-refractivity contribution in [2.24, 2.45) is 0 Å². The van der Waals surface area contributed by atoms with E-state index in [-0.39, 0.29) is 10.6 Å². The summed E-state index contributed by atoms with van der Waals surface area (Å²) in [4.78, 5) is 0. The van der Waals surface area contributed by atoms with Crippen LogP contribution in [-0.2, 0) is 23.8 Å². The van der Waals surface area contributed by atoms with E-state index in [2.05, 4.69) is 33.9 Å². The van der Waals surface area contributed by atoms with Crippen LogP contribution >= 0.6 is 0 Å². The molecule has 122 valence electrons. The molecule has 3 nitrogen and oxygen atoms in total. The molecule has 21 heavy (non-hydrogen) atoms. The minimum Gasteiger partial charge on any atom is -0.415 e. The number of nitrogens with zero attached hydrogens (tertiary/aromatic N) is 1. The van der Waals surface area contributed by atoms with Crippen molar-refractivity contribution in [3.05, 3.63) is 23.5 Å². The van der Waals surface area contributed by atoms with E-state index < -0.39 is 26.7 Å². The van der Waals surface area contributed by atoms with Gasteiger partial charge < -0.3 is 14.1 Å². The van der Waals surface area contributed by atoms with Gasteiger partial charge >= 0.3 is 6.18 Å². The third-order valence-corrected chi connectivity index (χ3v) is 8.60. The highest BCUT2D eigenvalue weighted by molar-refractivity contribution is 6.74. The largest absolute Gasteiger partial charge is 0.418 e. The van der Waals surface area contributed by atoms with Gasteiger partial charge in [0.1, 0.15) is 0 Å². The number of aromatic nitrogens is 1. The smallest absolute Gasteiger partial charge is 0.415 e. The van der Waals surface area contributed by atoms with Crippen molar-refractivity contribution in [2.75, 3.05) is 6.61 Å². The molecule has 0 aromatic carbocycles. The van der Waals surface area contributed by atoms with Crippen LogP contribution in [0.1, 0.15) is 31.9 Å². The van der Waals surface area contributed by atoms with Gasteiger partial charge in [-0.05, 0) is 18.1 Å². The van der Waals surface area contributed by atoms with E-state index in [0.29, 0.717) is 13.2 Å². The summed E-state index contributed by atoms with van der Waals surface area (Å²) in [5.41, 5.74) is -0.882. The summed E-state index contributed by atoms with van der Waals surface area (Å²) in [6.45, 7) is 10.6. The summed E-state index contributed by atoms with van der Waals surface area (Å²) in [5, 5.41) is 9.09. The summed E-state index contributed by atoms with van der Waals surface area (Å²) in [6, 6.07) is 0. The second-order valence-electron chi connectivity index (χ2n) is 6.70. The second kappa shape index (κ2) is 6.14. The highest BCUT2D eigenvalue weighted by Crippen LogP contribution is 2.36. The van der Waals surface area contributed by atoms with E-state index in [1.165, 1.54) is 10.8 Å². The standard InChI is InChI=1S/C14H24F3NO2Si/c1-13(2,3)21(4,5)20-7-6-18-8-11(10-19)12(9-18)14(15,16)17/h8-9,19H,6-7,10H2,1-5H3. The van der Waals surface area contributed by atoms with Gasteiger partial charge in [0, 0.05) is 24.5 Å². The Hall–Kier alpha value is -0.793. The fourth-order valence-electron chi connectivity index (χ4n) is 1.69. The number of aliphatic hydroxyl groups is 1. The number of halogens is 3. The zero-order valence-electron chi connectivity index (χ0n) is 13.2. The molecule has 0 spiro atoms. The van der Waals surface area contributed by atoms with E-state index in [4.69, 9.17) is 9.53 Å². The Labute approximate surface area is 124 Å². The summed E-state index contributed by atoms with van der Waals surface area (Å²) in [5.74, 6) is 0. The lowest BCUT2D eigenvalue weighted by Crippen LogP contribution is -2.41. The van der Waals surface area contributed by atoms with Crippen LogP contribution in [0.3, 0.4) is 0 Å². The van der Waals surface area contributed by atoms with Gasteiger partial charge in [-0.15, -0.1) is 0 Å². The maximum Gasteiger partial charge on any atom is 0.418 e. The fourth-order valence-corrected chi connectivity index (χ4v) is 2.72. The third kappa shape index (κ3) is 4.59. The fraction of sp³-hybridized carbons (Fsp3) is 0.714. The molecule has 0 unspecified atom stereocenters. The number of rotatable bonds is 5. The van der Waals surface area contributed by atoms with Crippen LogP contribution in [0.4, 0.5) is 13.2 Å². The lowest BCUT2D eigenvalue weighted by Gasteiger charge is -2.36. The molecule has 0 aliphatic heterocycles. The van der Waals surface area contributed by atoms with Crippen molar-refractivity contribution in [2.45, 2.75) is 58.2 Å². The molecule has 0 saturated carbocycles. The van der Waals surface area contributed by atoms with Gasteiger partial charge in [-0.25, -0.2) is 0 Å². The van der Waals surface area contributed by atoms with E-state index in [1.807, 2.05) is 0 Å². The van der Waals surface area contributed by atoms with Crippen LogP contribution in [0.15, 0.2) is 12.4 Å². The third-order valence-electron chi connectivity index (χ3n) is 4.06. The van der Waals surface area contributed by atoms with E-state index in [0.717, 1.165) is 6.20 Å². The molecule has 0 atom stereocenters. The zero-order valence-corrected chi connectivity index (χ0v) is 14.2. The SMILES string of the molecule is CC(C)(C)[Si](C)(C)OCCn1cc(CO)c(C(F)(F)F)c1. The van der Waals surface area contributed by atoms with Crippen molar-refractivity contribution >= 4 is 8.32 Å². The number of alkyl halides is 3. The molecule has 1 N–H and O–H groups in total. The molecule has 0 fully saturated rings. The predicted molar refractivity (Wildman–Crippen MR) is 78.5 cm³/mol. The molecular formula is C14H24F3NO2Si. The Morgan fingerprint density at radius 1 is 1.19 bits per heavy atom. The Morgan fingerprint density at radius 3 is 2.14 bits per heavy atom. The van der Waals surface area contributed by atoms with E-state index in [1.54, 1.807) is 0 Å². The first kappa shape index (κ1) is 18.3. The van der Waals surface area contributed by atoms with E-state index >= 15 is 0 Å². The molecule has 1 aromatic heterocycles. The summed E-state index contributed by atoms with van der Waals surface area (Å²) < 4.78 is 45.7. The molecule has 0 bridgehead atoms. The molecule has 0 radical (unpaired) electrons. The predicted octanol–water partition coefficient (Wildman–Crippen LogP) is 4.02. The zero-order chi connectivity index (χ0) is 16.5. The van der Waals surface area contributed by atoms with Gasteiger partial charge in [0.2, 0.25) is 0 Å². The van der Waals surface area contributed by atoms with Crippen molar-refractivity contribution in [1.29, 1.82) is 0 Å². The van der Waals surface area contributed by atoms with Gasteiger partial charge in [-0.2, -0.15) is 13.2 Å². The van der Waals surface area contributed by atoms with Crippen LogP contribution in [0.25, 0.3) is 0 Å². The average Bonchev–Trinajstić information content (AvgIpc) is 2.70. The van der Waals surface area contributed by atoms with Crippen molar-refractivity contribution < 1.29 is 22.7 Å². The minimum absolute atomic E-state index is 0.0665. The molecule has 0 amide bonds. The molecular weight excluding hydrogens is 299 g/mol. The molecule has 0 aliphatic rings. The Kier molecular flexibility index (Phi) is 5.34. The van der Waals surface area contributed by atoms with Crippen molar-refractivity contribution in [1.82, 2.24) is 4.57 Å². The van der Waals surface area contributed by atoms with Crippen LogP contribution in [-0.4, -0.2) is 24.6 Å². The van der Waals surface area contributed by atoms with Gasteiger partial charge in [0.25, 0.3) is 0 Å². The lowest BCUT2D eigenvalue weighted by molar-refractivity contribution is -0.138. The molecule has 1 rings (SSSR count). The maximum atomic E-state index is 12.8. The Morgan fingerprint density at radius 2 is 1.76 bits per heavy atom. The van der Waals surface area contributed by atoms with Gasteiger partial charge in [-0.1, -0.05) is 20.8 Å². The van der Waals surface area contributed by atoms with Crippen LogP contribution in [0, 0.1) is 0 Å². The van der Waals surface area contributed by atoms with Crippen molar-refractivity contribution in [3.63, 3.8) is 0 Å². The monoisotopic (exact) mass is 323 g/mol. The molecule has 0 saturated heterocycles. The molecule has 1 heterocycles. The van der Waals surface area contributed by atoms with E-state index in [9.17, 15) is 13.2 Å². The normalized spacial score (nSPS) is 13.8. The summed E-state index contributed by atoms with van der Waals surface area (Å²) in [7, 11) is -1.90. The Bertz CT molecular complexity index is 476. The van der Waals surface area contributed by atoms with Crippen LogP contribution < -0.4 is 0 Å². The molecule has 0 aliphatic carbocycles. The first-order valence-corrected chi connectivity index (χ1v) is 9.80. The summed E-state index contributed by atoms with van der Waals surface area (Å²) in [6.07, 6.45) is -2.08. The van der Waals surface area contributed by atoms with Gasteiger partial charge in [0.15, 0.2) is 8.32 Å². The minimum atomic E-state index is -4.44.